The van der Waals surface area contributed by atoms with Crippen molar-refractivity contribution in [1.82, 2.24) is 16.0 Å². The van der Waals surface area contributed by atoms with Crippen LogP contribution < -0.4 is 26.6 Å². The second-order valence-corrected chi connectivity index (χ2v) is 20.2. The molecular weight excluding hydrogens is 787 g/mol. The number of fused-ring (bicyclic) bond motifs is 5. The number of carbonyl (C=O) groups excluding carboxylic acids is 3. The highest BCUT2D eigenvalue weighted by Gasteiger charge is 2.59. The van der Waals surface area contributed by atoms with Crippen LogP contribution in [0, 0.1) is 66.6 Å². The number of amides is 3. The number of unbranched alkanes of at least 4 members (excludes halogenated alkanes) is 2. The maximum Gasteiger partial charge on any atom is 0.299 e. The molecule has 0 saturated heterocycles. The summed E-state index contributed by atoms with van der Waals surface area (Å²) in [4.78, 5) is 57.7. The molecule has 0 spiro atoms. The van der Waals surface area contributed by atoms with Crippen molar-refractivity contribution in [1.29, 1.82) is 0 Å². The van der Waals surface area contributed by atoms with Gasteiger partial charge in [-0.3, -0.25) is 34.6 Å². The molecule has 14 nitrogen and oxygen atoms in total. The number of nitro benzene ring substituents is 2. The van der Waals surface area contributed by atoms with Gasteiger partial charge in [0.2, 0.25) is 17.7 Å². The lowest BCUT2D eigenvalue weighted by molar-refractivity contribution is -0.691. The summed E-state index contributed by atoms with van der Waals surface area (Å²) in [6.45, 7) is 15.1. The van der Waals surface area contributed by atoms with Crippen molar-refractivity contribution in [2.75, 3.05) is 38.0 Å². The molecule has 3 saturated carbocycles. The quantitative estimate of drug-likeness (QED) is 0.0282. The molecular formula is C48H78N7O7+. The number of carbonyl (C=O) groups is 3. The lowest BCUT2D eigenvalue weighted by atomic mass is 9.47. The van der Waals surface area contributed by atoms with Crippen LogP contribution in [0.25, 0.3) is 0 Å². The Morgan fingerprint density at radius 3 is 2.18 bits per heavy atom. The normalized spacial score (nSPS) is 26.9. The zero-order valence-corrected chi connectivity index (χ0v) is 38.4. The number of non-ortho nitro benzene ring substituents is 1. The molecule has 4 aliphatic carbocycles. The van der Waals surface area contributed by atoms with Gasteiger partial charge in [0.05, 0.1) is 28.5 Å². The van der Waals surface area contributed by atoms with Crippen LogP contribution >= 0.6 is 0 Å². The summed E-state index contributed by atoms with van der Waals surface area (Å²) in [6.07, 6.45) is 21.1. The van der Waals surface area contributed by atoms with Gasteiger partial charge in [0.15, 0.2) is 0 Å². The minimum Gasteiger partial charge on any atom is -0.379 e. The van der Waals surface area contributed by atoms with E-state index in [1.54, 1.807) is 5.57 Å². The maximum absolute atomic E-state index is 12.4. The number of hydrogen-bond donors (Lipinski definition) is 5. The molecule has 62 heavy (non-hydrogen) atoms. The minimum atomic E-state index is -0.678. The van der Waals surface area contributed by atoms with Gasteiger partial charge in [0, 0.05) is 70.8 Å². The van der Waals surface area contributed by atoms with Crippen LogP contribution in [0.3, 0.4) is 0 Å². The van der Waals surface area contributed by atoms with Crippen LogP contribution in [0.5, 0.6) is 0 Å². The molecule has 0 unspecified atom stereocenters. The third-order valence-corrected chi connectivity index (χ3v) is 15.7. The fourth-order valence-corrected chi connectivity index (χ4v) is 12.2. The monoisotopic (exact) mass is 865 g/mol. The SMILES string of the molecule is CC(C)CCC[C@@H](C)[C@H]1CC[C@H]2[C@@H]3CC=C4C[C@@H]([NH2+]CCCNC(=O)CCNC(=O)CCNC(=O)CCCCCNc5ccc([N+](=O)[O-])cc5[N+](=O)[O-])CC[C@]4(C)[C@H]3CC[C@]12C. The van der Waals surface area contributed by atoms with E-state index in [-0.39, 0.29) is 67.1 Å². The van der Waals surface area contributed by atoms with Crippen LogP contribution in [-0.4, -0.2) is 66.3 Å². The van der Waals surface area contributed by atoms with E-state index in [1.165, 1.54) is 82.8 Å². The molecule has 14 heteroatoms. The second kappa shape index (κ2) is 23.0. The van der Waals surface area contributed by atoms with Gasteiger partial charge in [-0.15, -0.1) is 0 Å². The molecule has 5 rings (SSSR count). The van der Waals surface area contributed by atoms with Gasteiger partial charge in [-0.2, -0.15) is 0 Å². The van der Waals surface area contributed by atoms with Gasteiger partial charge >= 0.3 is 0 Å². The molecule has 1 aromatic rings. The number of quaternary nitrogens is 1. The third-order valence-electron chi connectivity index (χ3n) is 15.7. The smallest absolute Gasteiger partial charge is 0.299 e. The average Bonchev–Trinajstić information content (AvgIpc) is 3.59. The fraction of sp³-hybridized carbons (Fsp3) is 0.771. The highest BCUT2D eigenvalue weighted by atomic mass is 16.6. The van der Waals surface area contributed by atoms with E-state index in [0.29, 0.717) is 49.2 Å². The Morgan fingerprint density at radius 2 is 1.48 bits per heavy atom. The first-order valence-corrected chi connectivity index (χ1v) is 24.1. The first kappa shape index (κ1) is 49.0. The molecule has 0 bridgehead atoms. The number of rotatable bonds is 25. The molecule has 346 valence electrons. The number of anilines is 1. The summed E-state index contributed by atoms with van der Waals surface area (Å²) in [5.74, 6) is 4.71. The lowest BCUT2D eigenvalue weighted by Crippen LogP contribution is -2.90. The molecule has 4 aliphatic rings. The van der Waals surface area contributed by atoms with Crippen molar-refractivity contribution < 1.29 is 29.5 Å². The minimum absolute atomic E-state index is 0.0761. The lowest BCUT2D eigenvalue weighted by Gasteiger charge is -2.58. The molecule has 3 amide bonds. The van der Waals surface area contributed by atoms with Crippen LogP contribution in [0.15, 0.2) is 29.8 Å². The highest BCUT2D eigenvalue weighted by Crippen LogP contribution is 2.67. The molecule has 0 aromatic heterocycles. The van der Waals surface area contributed by atoms with Gasteiger partial charge in [-0.1, -0.05) is 72.0 Å². The number of nitrogens with two attached hydrogens (primary N) is 1. The predicted molar refractivity (Wildman–Crippen MR) is 243 cm³/mol. The topological polar surface area (TPSA) is 202 Å². The number of nitro groups is 2. The number of benzene rings is 1. The van der Waals surface area contributed by atoms with Crippen LogP contribution in [0.1, 0.15) is 150 Å². The molecule has 0 radical (unpaired) electrons. The molecule has 6 N–H and O–H groups in total. The zero-order chi connectivity index (χ0) is 44.9. The zero-order valence-electron chi connectivity index (χ0n) is 38.4. The van der Waals surface area contributed by atoms with Gasteiger partial charge in [-0.05, 0) is 104 Å². The van der Waals surface area contributed by atoms with Crippen molar-refractivity contribution in [2.45, 2.75) is 156 Å². The van der Waals surface area contributed by atoms with E-state index in [4.69, 9.17) is 0 Å². The molecule has 0 heterocycles. The molecule has 3 fully saturated rings. The van der Waals surface area contributed by atoms with Crippen molar-refractivity contribution in [2.24, 2.45) is 46.3 Å². The number of nitrogens with one attached hydrogen (secondary N) is 4. The maximum atomic E-state index is 12.4. The van der Waals surface area contributed by atoms with Gasteiger partial charge in [0.25, 0.3) is 11.4 Å². The van der Waals surface area contributed by atoms with E-state index in [9.17, 15) is 34.6 Å². The Hall–Kier alpha value is -4.07. The Balaban J connectivity index is 0.875. The van der Waals surface area contributed by atoms with E-state index in [0.717, 1.165) is 54.5 Å². The number of nitrogens with zero attached hydrogens (tertiary/aromatic N) is 2. The Morgan fingerprint density at radius 1 is 0.774 bits per heavy atom. The van der Waals surface area contributed by atoms with Crippen LogP contribution in [0.4, 0.5) is 17.1 Å². The van der Waals surface area contributed by atoms with Crippen molar-refractivity contribution in [3.05, 3.63) is 50.1 Å². The Kier molecular flexibility index (Phi) is 18.2. The number of allylic oxidation sites excluding steroid dienone is 1. The first-order valence-electron chi connectivity index (χ1n) is 24.1. The molecule has 8 atom stereocenters. The summed E-state index contributed by atoms with van der Waals surface area (Å²) >= 11 is 0. The Bertz CT molecular complexity index is 1740. The summed E-state index contributed by atoms with van der Waals surface area (Å²) in [5.41, 5.74) is 2.14. The standard InChI is InChI=1S/C48H77N7O7/c1-33(2)11-9-12-34(3)39-17-18-40-38-16-14-35-31-36(20-24-47(35,4)41(38)21-25-48(39,40)5)49-27-10-28-51-45(57)22-30-53-46(58)23-29-52-44(56)13-7-6-8-26-50-42-19-15-37(54(59)60)32-43(42)55(61)62/h14-15,19,32-34,36,38-41,49-50H,6-13,16-18,20-31H2,1-5H3,(H,51,57)(H,52,56)(H,53,58)/p+1/t34-,36+,38+,39-,40+,41+,47+,48-/m1/s1. The van der Waals surface area contributed by atoms with Gasteiger partial charge in [-0.25, -0.2) is 0 Å². The van der Waals surface area contributed by atoms with E-state index < -0.39 is 9.85 Å². The van der Waals surface area contributed by atoms with Crippen molar-refractivity contribution in [3.63, 3.8) is 0 Å². The highest BCUT2D eigenvalue weighted by molar-refractivity contribution is 5.80. The Labute approximate surface area is 370 Å². The van der Waals surface area contributed by atoms with E-state index in [1.807, 2.05) is 0 Å². The predicted octanol–water partition coefficient (Wildman–Crippen LogP) is 7.97. The largest absolute Gasteiger partial charge is 0.379 e. The van der Waals surface area contributed by atoms with Crippen LogP contribution in [0.2, 0.25) is 0 Å². The second-order valence-electron chi connectivity index (χ2n) is 20.2. The number of hydrogen-bond acceptors (Lipinski definition) is 8. The van der Waals surface area contributed by atoms with E-state index >= 15 is 0 Å². The summed E-state index contributed by atoms with van der Waals surface area (Å²) in [7, 11) is 0. The average molecular weight is 865 g/mol. The van der Waals surface area contributed by atoms with Crippen molar-refractivity contribution >= 4 is 34.8 Å². The summed E-state index contributed by atoms with van der Waals surface area (Å²) in [5, 5.41) is 36.1. The molecule has 0 aliphatic heterocycles. The molecule has 1 aromatic carbocycles. The van der Waals surface area contributed by atoms with Crippen molar-refractivity contribution in [3.8, 4) is 0 Å². The van der Waals surface area contributed by atoms with Crippen LogP contribution in [-0.2, 0) is 14.4 Å². The fourth-order valence-electron chi connectivity index (χ4n) is 12.2. The first-order chi connectivity index (χ1) is 29.6. The third kappa shape index (κ3) is 13.0. The summed E-state index contributed by atoms with van der Waals surface area (Å²) in [6, 6.07) is 4.09. The summed E-state index contributed by atoms with van der Waals surface area (Å²) < 4.78 is 0. The van der Waals surface area contributed by atoms with E-state index in [2.05, 4.69) is 67.3 Å². The van der Waals surface area contributed by atoms with Gasteiger partial charge in [0.1, 0.15) is 5.69 Å². The van der Waals surface area contributed by atoms with Gasteiger partial charge < -0.3 is 26.6 Å².